The highest BCUT2D eigenvalue weighted by Gasteiger charge is 2.58. The molecule has 0 spiro atoms. The molecule has 1 aliphatic rings. The summed E-state index contributed by atoms with van der Waals surface area (Å²) < 4.78 is 68.5. The van der Waals surface area contributed by atoms with E-state index in [0.29, 0.717) is 32.1 Å². The number of rotatable bonds is 6. The van der Waals surface area contributed by atoms with E-state index in [0.717, 1.165) is 0 Å². The Morgan fingerprint density at radius 1 is 1.09 bits per heavy atom. The van der Waals surface area contributed by atoms with Gasteiger partial charge in [0, 0.05) is 6.42 Å². The van der Waals surface area contributed by atoms with Crippen LogP contribution in [-0.2, 0) is 9.53 Å². The Hall–Kier alpha value is -0.880. The van der Waals surface area contributed by atoms with Gasteiger partial charge in [-0.15, -0.1) is 0 Å². The van der Waals surface area contributed by atoms with Gasteiger partial charge in [0.25, 0.3) is 0 Å². The van der Waals surface area contributed by atoms with Gasteiger partial charge in [-0.1, -0.05) is 6.92 Å². The van der Waals surface area contributed by atoms with Crippen LogP contribution < -0.4 is 0 Å². The third-order valence-corrected chi connectivity index (χ3v) is 4.57. The van der Waals surface area contributed by atoms with Gasteiger partial charge in [0.2, 0.25) is 0 Å². The van der Waals surface area contributed by atoms with Crippen LogP contribution in [0.4, 0.5) is 22.0 Å². The van der Waals surface area contributed by atoms with Crippen LogP contribution >= 0.6 is 0 Å². The molecule has 0 aromatic heterocycles. The smallest absolute Gasteiger partial charge is 0.453 e. The van der Waals surface area contributed by atoms with Crippen LogP contribution in [0.3, 0.4) is 0 Å². The lowest BCUT2D eigenvalue weighted by Crippen LogP contribution is -2.42. The zero-order chi connectivity index (χ0) is 17.2. The molecule has 1 fully saturated rings. The Balaban J connectivity index is 2.79. The van der Waals surface area contributed by atoms with Gasteiger partial charge in [-0.3, -0.25) is 4.79 Å². The molecule has 0 unspecified atom stereocenters. The largest absolute Gasteiger partial charge is 0.459 e. The van der Waals surface area contributed by atoms with Gasteiger partial charge >= 0.3 is 18.1 Å². The van der Waals surface area contributed by atoms with Crippen molar-refractivity contribution >= 4 is 5.97 Å². The minimum absolute atomic E-state index is 0.340. The summed E-state index contributed by atoms with van der Waals surface area (Å²) in [7, 11) is 0. The number of esters is 1. The highest BCUT2D eigenvalue weighted by molar-refractivity contribution is 5.76. The zero-order valence-electron chi connectivity index (χ0n) is 13.2. The lowest BCUT2D eigenvalue weighted by molar-refractivity contribution is -0.287. The molecule has 7 heteroatoms. The third kappa shape index (κ3) is 4.32. The quantitative estimate of drug-likeness (QED) is 0.491. The number of alkyl halides is 5. The van der Waals surface area contributed by atoms with Crippen molar-refractivity contribution in [3.63, 3.8) is 0 Å². The number of hydrogen-bond acceptors (Lipinski definition) is 2. The second-order valence-corrected chi connectivity index (χ2v) is 6.72. The molecule has 1 aliphatic carbocycles. The third-order valence-electron chi connectivity index (χ3n) is 4.57. The van der Waals surface area contributed by atoms with Crippen LogP contribution in [0.25, 0.3) is 0 Å². The topological polar surface area (TPSA) is 26.3 Å². The molecule has 0 amide bonds. The van der Waals surface area contributed by atoms with E-state index in [1.54, 1.807) is 20.8 Å². The molecule has 0 radical (unpaired) electrons. The molecule has 1 saturated carbocycles. The van der Waals surface area contributed by atoms with Crippen LogP contribution in [0.1, 0.15) is 65.7 Å². The van der Waals surface area contributed by atoms with Crippen molar-refractivity contribution in [1.82, 2.24) is 0 Å². The Morgan fingerprint density at radius 2 is 1.59 bits per heavy atom. The molecule has 0 saturated heterocycles. The molecule has 130 valence electrons. The van der Waals surface area contributed by atoms with Gasteiger partial charge < -0.3 is 4.74 Å². The average molecular weight is 330 g/mol. The van der Waals surface area contributed by atoms with Gasteiger partial charge in [-0.25, -0.2) is 0 Å². The highest BCUT2D eigenvalue weighted by Crippen LogP contribution is 2.45. The van der Waals surface area contributed by atoms with E-state index in [9.17, 15) is 26.7 Å². The van der Waals surface area contributed by atoms with E-state index in [-0.39, 0.29) is 0 Å². The van der Waals surface area contributed by atoms with Crippen LogP contribution in [0.5, 0.6) is 0 Å². The first-order valence-electron chi connectivity index (χ1n) is 7.53. The van der Waals surface area contributed by atoms with Gasteiger partial charge in [0.05, 0.1) is 5.41 Å². The van der Waals surface area contributed by atoms with Crippen LogP contribution in [-0.4, -0.2) is 23.7 Å². The summed E-state index contributed by atoms with van der Waals surface area (Å²) in [4.78, 5) is 12.1. The molecule has 22 heavy (non-hydrogen) atoms. The highest BCUT2D eigenvalue weighted by atomic mass is 19.4. The number of hydrogen-bond donors (Lipinski definition) is 0. The standard InChI is InChI=1S/C15H23F5O2/c1-4-12(2,3)11(21)22-13(7-5-6-8-13)9-10-14(16,17)15(18,19)20/h4-10H2,1-3H3. The Bertz CT molecular complexity index is 395. The minimum Gasteiger partial charge on any atom is -0.459 e. The molecular formula is C15H23F5O2. The molecule has 2 nitrogen and oxygen atoms in total. The zero-order valence-corrected chi connectivity index (χ0v) is 13.2. The van der Waals surface area contributed by atoms with E-state index in [1.807, 2.05) is 0 Å². The summed E-state index contributed by atoms with van der Waals surface area (Å²) >= 11 is 0. The maximum absolute atomic E-state index is 13.1. The summed E-state index contributed by atoms with van der Waals surface area (Å²) in [6, 6.07) is 0. The molecule has 1 rings (SSSR count). The predicted octanol–water partition coefficient (Wildman–Crippen LogP) is 5.26. The van der Waals surface area contributed by atoms with Crippen molar-refractivity contribution < 1.29 is 31.5 Å². The second-order valence-electron chi connectivity index (χ2n) is 6.72. The van der Waals surface area contributed by atoms with Gasteiger partial charge in [-0.2, -0.15) is 22.0 Å². The maximum atomic E-state index is 13.1. The van der Waals surface area contributed by atoms with E-state index in [4.69, 9.17) is 4.74 Å². The Labute approximate surface area is 127 Å². The van der Waals surface area contributed by atoms with Gasteiger partial charge in [-0.05, 0) is 52.4 Å². The lowest BCUT2D eigenvalue weighted by Gasteiger charge is -2.34. The average Bonchev–Trinajstić information content (AvgIpc) is 2.84. The van der Waals surface area contributed by atoms with Gasteiger partial charge in [0.15, 0.2) is 0 Å². The molecule has 0 atom stereocenters. The van der Waals surface area contributed by atoms with E-state index < -0.39 is 41.9 Å². The Morgan fingerprint density at radius 3 is 2.00 bits per heavy atom. The van der Waals surface area contributed by atoms with E-state index in [2.05, 4.69) is 0 Å². The fourth-order valence-electron chi connectivity index (χ4n) is 2.43. The number of carbonyl (C=O) groups is 1. The van der Waals surface area contributed by atoms with Crippen LogP contribution in [0.15, 0.2) is 0 Å². The maximum Gasteiger partial charge on any atom is 0.453 e. The number of carbonyl (C=O) groups excluding carboxylic acids is 1. The SMILES string of the molecule is CCC(C)(C)C(=O)OC1(CCC(F)(F)C(F)(F)F)CCCC1. The summed E-state index contributed by atoms with van der Waals surface area (Å²) in [5.41, 5.74) is -1.96. The van der Waals surface area contributed by atoms with Crippen molar-refractivity contribution in [2.45, 2.75) is 83.4 Å². The molecule has 0 N–H and O–H groups in total. The van der Waals surface area contributed by atoms with E-state index in [1.165, 1.54) is 0 Å². The predicted molar refractivity (Wildman–Crippen MR) is 71.6 cm³/mol. The normalized spacial score (nSPS) is 19.3. The number of halogens is 5. The monoisotopic (exact) mass is 330 g/mol. The summed E-state index contributed by atoms with van der Waals surface area (Å²) in [6.07, 6.45) is -4.88. The molecule has 0 aromatic rings. The van der Waals surface area contributed by atoms with Crippen molar-refractivity contribution in [2.75, 3.05) is 0 Å². The fraction of sp³-hybridized carbons (Fsp3) is 0.933. The molecule has 0 bridgehead atoms. The van der Waals surface area contributed by atoms with E-state index >= 15 is 0 Å². The minimum atomic E-state index is -5.57. The molecule has 0 heterocycles. The fourth-order valence-corrected chi connectivity index (χ4v) is 2.43. The van der Waals surface area contributed by atoms with Crippen molar-refractivity contribution in [3.8, 4) is 0 Å². The first kappa shape index (κ1) is 19.2. The van der Waals surface area contributed by atoms with Crippen molar-refractivity contribution in [1.29, 1.82) is 0 Å². The summed E-state index contributed by atoms with van der Waals surface area (Å²) in [5.74, 6) is -5.29. The second kappa shape index (κ2) is 6.32. The lowest BCUT2D eigenvalue weighted by atomic mass is 9.88. The van der Waals surface area contributed by atoms with Crippen molar-refractivity contribution in [2.24, 2.45) is 5.41 Å². The molecule has 0 aliphatic heterocycles. The summed E-state index contributed by atoms with van der Waals surface area (Å²) in [6.45, 7) is 5.13. The summed E-state index contributed by atoms with van der Waals surface area (Å²) in [5, 5.41) is 0. The van der Waals surface area contributed by atoms with Crippen molar-refractivity contribution in [3.05, 3.63) is 0 Å². The number of ether oxygens (including phenoxy) is 1. The Kier molecular flexibility index (Phi) is 5.50. The molecular weight excluding hydrogens is 307 g/mol. The van der Waals surface area contributed by atoms with Crippen LogP contribution in [0, 0.1) is 5.41 Å². The van der Waals surface area contributed by atoms with Crippen LogP contribution in [0.2, 0.25) is 0 Å². The first-order valence-corrected chi connectivity index (χ1v) is 7.53. The molecule has 0 aromatic carbocycles. The first-order chi connectivity index (χ1) is 9.85. The van der Waals surface area contributed by atoms with Gasteiger partial charge in [0.1, 0.15) is 5.60 Å².